The number of carbonyl (C=O) groups is 1. The molecule has 2 aromatic rings. The third-order valence-corrected chi connectivity index (χ3v) is 4.44. The number of likely N-dealkylation sites (tertiary alicyclic amines) is 1. The SMILES string of the molecule is Nc1nccnc1C(=O)NC1CCN(Cc2ccc(Cl)cc2)CC1. The molecule has 6 nitrogen and oxygen atoms in total. The van der Waals surface area contributed by atoms with E-state index < -0.39 is 0 Å². The van der Waals surface area contributed by atoms with Gasteiger partial charge in [0.05, 0.1) is 0 Å². The van der Waals surface area contributed by atoms with Gasteiger partial charge in [-0.3, -0.25) is 9.69 Å². The topological polar surface area (TPSA) is 84.1 Å². The summed E-state index contributed by atoms with van der Waals surface area (Å²) in [5.41, 5.74) is 7.13. The molecule has 0 spiro atoms. The molecule has 24 heavy (non-hydrogen) atoms. The largest absolute Gasteiger partial charge is 0.382 e. The van der Waals surface area contributed by atoms with Gasteiger partial charge in [-0.25, -0.2) is 9.97 Å². The molecule has 1 aromatic carbocycles. The molecule has 0 aliphatic carbocycles. The molecule has 1 aliphatic heterocycles. The second kappa shape index (κ2) is 7.59. The molecule has 0 saturated carbocycles. The maximum atomic E-state index is 12.2. The minimum absolute atomic E-state index is 0.139. The van der Waals surface area contributed by atoms with Gasteiger partial charge in [0.1, 0.15) is 0 Å². The van der Waals surface area contributed by atoms with Crippen LogP contribution in [0.15, 0.2) is 36.7 Å². The zero-order valence-electron chi connectivity index (χ0n) is 13.3. The molecule has 1 saturated heterocycles. The summed E-state index contributed by atoms with van der Waals surface area (Å²) in [4.78, 5) is 22.5. The fourth-order valence-corrected chi connectivity index (χ4v) is 2.99. The predicted molar refractivity (Wildman–Crippen MR) is 93.7 cm³/mol. The van der Waals surface area contributed by atoms with Crippen molar-refractivity contribution in [3.8, 4) is 0 Å². The monoisotopic (exact) mass is 345 g/mol. The van der Waals surface area contributed by atoms with E-state index in [0.717, 1.165) is 37.5 Å². The number of nitrogens with zero attached hydrogens (tertiary/aromatic N) is 3. The van der Waals surface area contributed by atoms with Crippen molar-refractivity contribution in [2.75, 3.05) is 18.8 Å². The fourth-order valence-electron chi connectivity index (χ4n) is 2.86. The van der Waals surface area contributed by atoms with Gasteiger partial charge in [-0.2, -0.15) is 0 Å². The average Bonchev–Trinajstić information content (AvgIpc) is 2.59. The van der Waals surface area contributed by atoms with E-state index in [2.05, 4.69) is 20.2 Å². The Morgan fingerprint density at radius 1 is 1.21 bits per heavy atom. The quantitative estimate of drug-likeness (QED) is 0.886. The van der Waals surface area contributed by atoms with Crippen LogP contribution < -0.4 is 11.1 Å². The van der Waals surface area contributed by atoms with Crippen LogP contribution in [0.2, 0.25) is 5.02 Å². The number of nitrogens with two attached hydrogens (primary N) is 1. The maximum Gasteiger partial charge on any atom is 0.273 e. The van der Waals surface area contributed by atoms with Crippen LogP contribution in [-0.2, 0) is 6.54 Å². The molecule has 0 unspecified atom stereocenters. The van der Waals surface area contributed by atoms with Crippen LogP contribution in [0.5, 0.6) is 0 Å². The van der Waals surface area contributed by atoms with Crippen molar-refractivity contribution in [3.05, 3.63) is 52.9 Å². The number of carbonyl (C=O) groups excluding carboxylic acids is 1. The second-order valence-electron chi connectivity index (χ2n) is 5.94. The van der Waals surface area contributed by atoms with Crippen LogP contribution >= 0.6 is 11.6 Å². The minimum Gasteiger partial charge on any atom is -0.382 e. The normalized spacial score (nSPS) is 16.0. The number of aromatic nitrogens is 2. The summed E-state index contributed by atoms with van der Waals surface area (Å²) in [6, 6.07) is 8.06. The number of amides is 1. The molecule has 3 rings (SSSR count). The number of rotatable bonds is 4. The molecule has 1 fully saturated rings. The zero-order valence-corrected chi connectivity index (χ0v) is 14.0. The first-order valence-corrected chi connectivity index (χ1v) is 8.34. The van der Waals surface area contributed by atoms with Crippen molar-refractivity contribution in [1.82, 2.24) is 20.2 Å². The summed E-state index contributed by atoms with van der Waals surface area (Å²) < 4.78 is 0. The average molecular weight is 346 g/mol. The van der Waals surface area contributed by atoms with Gasteiger partial charge < -0.3 is 11.1 Å². The van der Waals surface area contributed by atoms with Crippen molar-refractivity contribution in [1.29, 1.82) is 0 Å². The van der Waals surface area contributed by atoms with Gasteiger partial charge in [-0.1, -0.05) is 23.7 Å². The maximum absolute atomic E-state index is 12.2. The molecule has 1 aliphatic rings. The van der Waals surface area contributed by atoms with Crippen LogP contribution in [-0.4, -0.2) is 39.9 Å². The lowest BCUT2D eigenvalue weighted by Crippen LogP contribution is -2.44. The third kappa shape index (κ3) is 4.21. The lowest BCUT2D eigenvalue weighted by molar-refractivity contribution is 0.0904. The van der Waals surface area contributed by atoms with Gasteiger partial charge in [0, 0.05) is 43.1 Å². The first-order valence-electron chi connectivity index (χ1n) is 7.96. The van der Waals surface area contributed by atoms with Crippen molar-refractivity contribution in [2.45, 2.75) is 25.4 Å². The molecule has 0 bridgehead atoms. The Bertz CT molecular complexity index is 698. The number of hydrogen-bond acceptors (Lipinski definition) is 5. The number of piperidine rings is 1. The number of nitrogen functional groups attached to an aromatic ring is 1. The van der Waals surface area contributed by atoms with E-state index >= 15 is 0 Å². The van der Waals surface area contributed by atoms with Gasteiger partial charge in [0.25, 0.3) is 5.91 Å². The Labute approximate surface area is 146 Å². The van der Waals surface area contributed by atoms with E-state index in [9.17, 15) is 4.79 Å². The summed E-state index contributed by atoms with van der Waals surface area (Å²) in [5.74, 6) is -0.0908. The van der Waals surface area contributed by atoms with E-state index in [4.69, 9.17) is 17.3 Å². The summed E-state index contributed by atoms with van der Waals surface area (Å²) in [6.07, 6.45) is 4.75. The van der Waals surface area contributed by atoms with Gasteiger partial charge >= 0.3 is 0 Å². The Kier molecular flexibility index (Phi) is 5.27. The summed E-state index contributed by atoms with van der Waals surface area (Å²) in [5, 5.41) is 3.76. The number of benzene rings is 1. The van der Waals surface area contributed by atoms with Crippen LogP contribution in [0.25, 0.3) is 0 Å². The Morgan fingerprint density at radius 3 is 2.54 bits per heavy atom. The second-order valence-corrected chi connectivity index (χ2v) is 6.38. The van der Waals surface area contributed by atoms with E-state index in [1.165, 1.54) is 18.0 Å². The van der Waals surface area contributed by atoms with Crippen LogP contribution in [0, 0.1) is 0 Å². The first-order chi connectivity index (χ1) is 11.6. The van der Waals surface area contributed by atoms with Crippen molar-refractivity contribution in [2.24, 2.45) is 0 Å². The van der Waals surface area contributed by atoms with Gasteiger partial charge in [-0.05, 0) is 30.5 Å². The zero-order chi connectivity index (χ0) is 16.9. The number of hydrogen-bond donors (Lipinski definition) is 2. The molecular formula is C17H20ClN5O. The van der Waals surface area contributed by atoms with Gasteiger partial charge in [-0.15, -0.1) is 0 Å². The van der Waals surface area contributed by atoms with Crippen molar-refractivity contribution in [3.63, 3.8) is 0 Å². The third-order valence-electron chi connectivity index (χ3n) is 4.18. The van der Waals surface area contributed by atoms with Crippen LogP contribution in [0.1, 0.15) is 28.9 Å². The Balaban J connectivity index is 1.49. The van der Waals surface area contributed by atoms with E-state index in [1.807, 2.05) is 24.3 Å². The molecule has 2 heterocycles. The minimum atomic E-state index is -0.253. The molecule has 0 radical (unpaired) electrons. The highest BCUT2D eigenvalue weighted by atomic mass is 35.5. The highest BCUT2D eigenvalue weighted by molar-refractivity contribution is 6.30. The lowest BCUT2D eigenvalue weighted by atomic mass is 10.0. The molecular weight excluding hydrogens is 326 g/mol. The van der Waals surface area contributed by atoms with Crippen molar-refractivity contribution >= 4 is 23.3 Å². The number of nitrogens with one attached hydrogen (secondary N) is 1. The fraction of sp³-hybridized carbons (Fsp3) is 0.353. The summed E-state index contributed by atoms with van der Waals surface area (Å²) >= 11 is 5.91. The molecule has 7 heteroatoms. The molecule has 126 valence electrons. The molecule has 1 aromatic heterocycles. The lowest BCUT2D eigenvalue weighted by Gasteiger charge is -2.32. The number of anilines is 1. The summed E-state index contributed by atoms with van der Waals surface area (Å²) in [6.45, 7) is 2.77. The standard InChI is InChI=1S/C17H20ClN5O/c18-13-3-1-12(2-4-13)11-23-9-5-14(6-10-23)22-17(24)15-16(19)21-8-7-20-15/h1-4,7-8,14H,5-6,9-11H2,(H2,19,21)(H,22,24). The van der Waals surface area contributed by atoms with E-state index in [0.29, 0.717) is 0 Å². The first kappa shape index (κ1) is 16.7. The molecule has 0 atom stereocenters. The van der Waals surface area contributed by atoms with Crippen LogP contribution in [0.4, 0.5) is 5.82 Å². The van der Waals surface area contributed by atoms with Crippen LogP contribution in [0.3, 0.4) is 0 Å². The van der Waals surface area contributed by atoms with Gasteiger partial charge in [0.2, 0.25) is 0 Å². The highest BCUT2D eigenvalue weighted by Gasteiger charge is 2.22. The Morgan fingerprint density at radius 2 is 1.88 bits per heavy atom. The summed E-state index contributed by atoms with van der Waals surface area (Å²) in [7, 11) is 0. The van der Waals surface area contributed by atoms with E-state index in [-0.39, 0.29) is 23.5 Å². The molecule has 3 N–H and O–H groups in total. The van der Waals surface area contributed by atoms with E-state index in [1.54, 1.807) is 0 Å². The highest BCUT2D eigenvalue weighted by Crippen LogP contribution is 2.16. The smallest absolute Gasteiger partial charge is 0.273 e. The van der Waals surface area contributed by atoms with Gasteiger partial charge in [0.15, 0.2) is 11.5 Å². The predicted octanol–water partition coefficient (Wildman–Crippen LogP) is 2.11. The van der Waals surface area contributed by atoms with Crippen molar-refractivity contribution < 1.29 is 4.79 Å². The number of halogens is 1. The molecule has 1 amide bonds. The Hall–Kier alpha value is -2.18.